The molecule has 124 valence electrons. The largest absolute Gasteiger partial charge is 0.376 e. The minimum absolute atomic E-state index is 0.0338. The van der Waals surface area contributed by atoms with E-state index in [1.165, 1.54) is 0 Å². The average Bonchev–Trinajstić information content (AvgIpc) is 2.88. The van der Waals surface area contributed by atoms with E-state index in [2.05, 4.69) is 22.5 Å². The normalized spacial score (nSPS) is 14.2. The quantitative estimate of drug-likeness (QED) is 0.736. The highest BCUT2D eigenvalue weighted by molar-refractivity contribution is 5.85. The first-order valence-corrected chi connectivity index (χ1v) is 7.79. The predicted octanol–water partition coefficient (Wildman–Crippen LogP) is 1.16. The molecule has 0 bridgehead atoms. The van der Waals surface area contributed by atoms with Gasteiger partial charge < -0.3 is 20.9 Å². The van der Waals surface area contributed by atoms with Crippen LogP contribution in [0, 0.1) is 0 Å². The molecule has 1 aromatic rings. The monoisotopic (exact) mass is 316 g/mol. The molecule has 0 aromatic heterocycles. The maximum Gasteiger partial charge on any atom is 0.242 e. The third-order valence-corrected chi connectivity index (χ3v) is 4.03. The third kappa shape index (κ3) is 3.64. The number of rotatable bonds is 6. The molecule has 2 rings (SSSR count). The Morgan fingerprint density at radius 2 is 2.13 bits per heavy atom. The van der Waals surface area contributed by atoms with Crippen LogP contribution in [0.4, 0.5) is 5.69 Å². The Labute approximate surface area is 136 Å². The van der Waals surface area contributed by atoms with Crippen molar-refractivity contribution in [2.75, 3.05) is 25.5 Å². The molecule has 0 saturated heterocycles. The lowest BCUT2D eigenvalue weighted by Gasteiger charge is -2.25. The standard InChI is InChI=1S/C17H24N4O2/c1-5-19-16(22)9-20-14-7-6-13-10-21(11(2)15(13)8-14)12(3)17(23)18-4/h6-8,12,20H,2,5,9-10H2,1,3-4H3,(H,18,23)(H,19,22). The summed E-state index contributed by atoms with van der Waals surface area (Å²) in [6, 6.07) is 5.66. The van der Waals surface area contributed by atoms with Crippen LogP contribution < -0.4 is 16.0 Å². The molecule has 0 radical (unpaired) electrons. The van der Waals surface area contributed by atoms with Crippen molar-refractivity contribution >= 4 is 23.2 Å². The minimum Gasteiger partial charge on any atom is -0.376 e. The van der Waals surface area contributed by atoms with E-state index in [4.69, 9.17) is 0 Å². The zero-order chi connectivity index (χ0) is 17.0. The molecule has 1 atom stereocenters. The average molecular weight is 316 g/mol. The Balaban J connectivity index is 2.08. The number of nitrogens with one attached hydrogen (secondary N) is 3. The van der Waals surface area contributed by atoms with Gasteiger partial charge in [0.25, 0.3) is 0 Å². The minimum atomic E-state index is -0.272. The van der Waals surface area contributed by atoms with Crippen molar-refractivity contribution in [3.8, 4) is 0 Å². The van der Waals surface area contributed by atoms with Gasteiger partial charge in [-0.1, -0.05) is 12.6 Å². The summed E-state index contributed by atoms with van der Waals surface area (Å²) >= 11 is 0. The van der Waals surface area contributed by atoms with E-state index in [0.29, 0.717) is 13.1 Å². The van der Waals surface area contributed by atoms with Gasteiger partial charge >= 0.3 is 0 Å². The number of hydrogen-bond acceptors (Lipinski definition) is 4. The fourth-order valence-corrected chi connectivity index (χ4v) is 2.69. The lowest BCUT2D eigenvalue weighted by atomic mass is 10.1. The molecule has 0 aliphatic carbocycles. The molecule has 1 aliphatic rings. The van der Waals surface area contributed by atoms with E-state index in [1.54, 1.807) is 7.05 Å². The van der Waals surface area contributed by atoms with Gasteiger partial charge in [-0.25, -0.2) is 0 Å². The summed E-state index contributed by atoms with van der Waals surface area (Å²) in [5.74, 6) is -0.0739. The molecular weight excluding hydrogens is 292 g/mol. The molecule has 2 amide bonds. The molecule has 0 saturated carbocycles. The topological polar surface area (TPSA) is 73.5 Å². The SMILES string of the molecule is C=C1c2cc(NCC(=O)NCC)ccc2CN1C(C)C(=O)NC. The summed E-state index contributed by atoms with van der Waals surface area (Å²) in [6.45, 7) is 9.39. The molecule has 6 nitrogen and oxygen atoms in total. The molecule has 1 unspecified atom stereocenters. The number of amides is 2. The Morgan fingerprint density at radius 3 is 2.78 bits per heavy atom. The van der Waals surface area contributed by atoms with Crippen LogP contribution in [0.25, 0.3) is 5.70 Å². The summed E-state index contributed by atoms with van der Waals surface area (Å²) in [5, 5.41) is 8.52. The first-order chi connectivity index (χ1) is 11.0. The van der Waals surface area contributed by atoms with Gasteiger partial charge in [-0.15, -0.1) is 0 Å². The highest BCUT2D eigenvalue weighted by Gasteiger charge is 2.29. The number of fused-ring (bicyclic) bond motifs is 1. The number of benzene rings is 1. The van der Waals surface area contributed by atoms with Crippen molar-refractivity contribution < 1.29 is 9.59 Å². The van der Waals surface area contributed by atoms with E-state index >= 15 is 0 Å². The molecule has 0 fully saturated rings. The van der Waals surface area contributed by atoms with E-state index < -0.39 is 0 Å². The van der Waals surface area contributed by atoms with Crippen LogP contribution in [0.5, 0.6) is 0 Å². The Bertz CT molecular complexity index is 627. The second kappa shape index (κ2) is 7.17. The lowest BCUT2D eigenvalue weighted by Crippen LogP contribution is -2.40. The van der Waals surface area contributed by atoms with Crippen molar-refractivity contribution in [1.29, 1.82) is 0 Å². The van der Waals surface area contributed by atoms with Crippen LogP contribution in [0.1, 0.15) is 25.0 Å². The van der Waals surface area contributed by atoms with E-state index in [1.807, 2.05) is 36.9 Å². The maximum absolute atomic E-state index is 11.9. The van der Waals surface area contributed by atoms with Gasteiger partial charge in [-0.3, -0.25) is 9.59 Å². The van der Waals surface area contributed by atoms with Gasteiger partial charge in [0.2, 0.25) is 11.8 Å². The van der Waals surface area contributed by atoms with Crippen molar-refractivity contribution in [1.82, 2.24) is 15.5 Å². The number of likely N-dealkylation sites (N-methyl/N-ethyl adjacent to an activating group) is 2. The second-order valence-corrected chi connectivity index (χ2v) is 5.54. The van der Waals surface area contributed by atoms with Crippen LogP contribution >= 0.6 is 0 Å². The molecule has 1 aromatic carbocycles. The summed E-state index contributed by atoms with van der Waals surface area (Å²) in [4.78, 5) is 25.4. The van der Waals surface area contributed by atoms with Gasteiger partial charge in [0.1, 0.15) is 6.04 Å². The smallest absolute Gasteiger partial charge is 0.242 e. The molecule has 0 spiro atoms. The molecular formula is C17H24N4O2. The number of anilines is 1. The molecule has 23 heavy (non-hydrogen) atoms. The van der Waals surface area contributed by atoms with Gasteiger partial charge in [0.05, 0.1) is 6.54 Å². The number of carbonyl (C=O) groups excluding carboxylic acids is 2. The number of nitrogens with zero attached hydrogens (tertiary/aromatic N) is 1. The van der Waals surface area contributed by atoms with Gasteiger partial charge in [0.15, 0.2) is 0 Å². The van der Waals surface area contributed by atoms with Crippen molar-refractivity contribution in [2.24, 2.45) is 0 Å². The van der Waals surface area contributed by atoms with E-state index in [-0.39, 0.29) is 24.4 Å². The lowest BCUT2D eigenvalue weighted by molar-refractivity contribution is -0.124. The second-order valence-electron chi connectivity index (χ2n) is 5.54. The van der Waals surface area contributed by atoms with E-state index in [9.17, 15) is 9.59 Å². The fourth-order valence-electron chi connectivity index (χ4n) is 2.69. The summed E-state index contributed by atoms with van der Waals surface area (Å²) in [7, 11) is 1.63. The molecule has 1 aliphatic heterocycles. The van der Waals surface area contributed by atoms with Crippen LogP contribution in [0.15, 0.2) is 24.8 Å². The predicted molar refractivity (Wildman–Crippen MR) is 91.7 cm³/mol. The van der Waals surface area contributed by atoms with Crippen LogP contribution in [-0.2, 0) is 16.1 Å². The summed E-state index contributed by atoms with van der Waals surface area (Å²) in [5.41, 5.74) is 3.85. The number of hydrogen-bond donors (Lipinski definition) is 3. The highest BCUT2D eigenvalue weighted by Crippen LogP contribution is 2.34. The third-order valence-electron chi connectivity index (χ3n) is 4.03. The Hall–Kier alpha value is -2.50. The first-order valence-electron chi connectivity index (χ1n) is 7.79. The van der Waals surface area contributed by atoms with Gasteiger partial charge in [-0.05, 0) is 31.5 Å². The zero-order valence-corrected chi connectivity index (χ0v) is 13.9. The molecule has 6 heteroatoms. The van der Waals surface area contributed by atoms with Crippen molar-refractivity contribution in [3.63, 3.8) is 0 Å². The molecule has 1 heterocycles. The molecule has 3 N–H and O–H groups in total. The maximum atomic E-state index is 11.9. The van der Waals surface area contributed by atoms with Gasteiger partial charge in [0, 0.05) is 37.1 Å². The highest BCUT2D eigenvalue weighted by atomic mass is 16.2. The Kier molecular flexibility index (Phi) is 5.26. The van der Waals surface area contributed by atoms with E-state index in [0.717, 1.165) is 22.5 Å². The van der Waals surface area contributed by atoms with Gasteiger partial charge in [-0.2, -0.15) is 0 Å². The first kappa shape index (κ1) is 16.9. The number of carbonyl (C=O) groups is 2. The summed E-state index contributed by atoms with van der Waals surface area (Å²) < 4.78 is 0. The Morgan fingerprint density at radius 1 is 1.39 bits per heavy atom. The van der Waals surface area contributed by atoms with Crippen molar-refractivity contribution in [2.45, 2.75) is 26.4 Å². The zero-order valence-electron chi connectivity index (χ0n) is 13.9. The fraction of sp³-hybridized carbons (Fsp3) is 0.412. The van der Waals surface area contributed by atoms with Crippen LogP contribution in [0.3, 0.4) is 0 Å². The van der Waals surface area contributed by atoms with Crippen molar-refractivity contribution in [3.05, 3.63) is 35.9 Å². The summed E-state index contributed by atoms with van der Waals surface area (Å²) in [6.07, 6.45) is 0. The van der Waals surface area contributed by atoms with Crippen LogP contribution in [-0.4, -0.2) is 42.9 Å². The van der Waals surface area contributed by atoms with Crippen LogP contribution in [0.2, 0.25) is 0 Å².